The summed E-state index contributed by atoms with van der Waals surface area (Å²) in [4.78, 5) is 0. The van der Waals surface area contributed by atoms with Gasteiger partial charge in [0.1, 0.15) is 12.3 Å². The van der Waals surface area contributed by atoms with Gasteiger partial charge >= 0.3 is 0 Å². The number of nitrogens with zero attached hydrogens (tertiary/aromatic N) is 2. The molecular weight excluding hydrogens is 206 g/mol. The molecule has 0 unspecified atom stereocenters. The van der Waals surface area contributed by atoms with Crippen LogP contribution in [0.3, 0.4) is 0 Å². The summed E-state index contributed by atoms with van der Waals surface area (Å²) < 4.78 is 12.7. The van der Waals surface area contributed by atoms with E-state index in [1.807, 2.05) is 34.7 Å². The molecule has 5 nitrogen and oxygen atoms in total. The van der Waals surface area contributed by atoms with Crippen LogP contribution < -0.4 is 10.5 Å². The summed E-state index contributed by atoms with van der Waals surface area (Å²) in [5, 5.41) is 4.16. The molecule has 0 aliphatic heterocycles. The minimum atomic E-state index is -0.142. The van der Waals surface area contributed by atoms with Crippen molar-refractivity contribution in [1.29, 1.82) is 0 Å². The summed E-state index contributed by atoms with van der Waals surface area (Å²) in [7, 11) is 1.81. The molecule has 0 fully saturated rings. The first kappa shape index (κ1) is 12.8. The number of rotatable bonds is 4. The van der Waals surface area contributed by atoms with Crippen molar-refractivity contribution in [2.75, 3.05) is 18.9 Å². The Labute approximate surface area is 96.5 Å². The first-order valence-electron chi connectivity index (χ1n) is 5.37. The predicted molar refractivity (Wildman–Crippen MR) is 63.6 cm³/mol. The van der Waals surface area contributed by atoms with Crippen LogP contribution in [0.2, 0.25) is 0 Å². The molecule has 1 aromatic heterocycles. The fourth-order valence-electron chi connectivity index (χ4n) is 1.31. The van der Waals surface area contributed by atoms with Crippen molar-refractivity contribution in [3.8, 4) is 5.88 Å². The Morgan fingerprint density at radius 1 is 1.31 bits per heavy atom. The Balaban J connectivity index is 2.43. The smallest absolute Gasteiger partial charge is 0.235 e. The lowest BCUT2D eigenvalue weighted by molar-refractivity contribution is -0.0171. The number of anilines is 1. The van der Waals surface area contributed by atoms with E-state index in [-0.39, 0.29) is 5.60 Å². The topological polar surface area (TPSA) is 62.3 Å². The zero-order valence-corrected chi connectivity index (χ0v) is 10.7. The Bertz CT molecular complexity index is 353. The van der Waals surface area contributed by atoms with E-state index >= 15 is 0 Å². The molecule has 0 aromatic carbocycles. The highest BCUT2D eigenvalue weighted by atomic mass is 16.5. The van der Waals surface area contributed by atoms with Gasteiger partial charge in [0.2, 0.25) is 5.88 Å². The highest BCUT2D eigenvalue weighted by Gasteiger charge is 2.12. The zero-order valence-electron chi connectivity index (χ0n) is 10.7. The molecule has 0 amide bonds. The molecule has 0 saturated heterocycles. The monoisotopic (exact) mass is 227 g/mol. The molecule has 0 aliphatic rings. The molecule has 0 atom stereocenters. The summed E-state index contributed by atoms with van der Waals surface area (Å²) in [6.45, 7) is 8.89. The van der Waals surface area contributed by atoms with Gasteiger partial charge in [-0.15, -0.1) is 0 Å². The Morgan fingerprint density at radius 3 is 2.38 bits per heavy atom. The van der Waals surface area contributed by atoms with Gasteiger partial charge in [-0.3, -0.25) is 0 Å². The predicted octanol–water partition coefficient (Wildman–Crippen LogP) is 1.50. The highest BCUT2D eigenvalue weighted by Crippen LogP contribution is 2.23. The largest absolute Gasteiger partial charge is 0.474 e. The molecule has 92 valence electrons. The van der Waals surface area contributed by atoms with Gasteiger partial charge in [0.05, 0.1) is 17.9 Å². The van der Waals surface area contributed by atoms with Crippen LogP contribution in [0.5, 0.6) is 5.88 Å². The normalized spacial score (nSPS) is 11.8. The minimum Gasteiger partial charge on any atom is -0.474 e. The maximum Gasteiger partial charge on any atom is 0.235 e. The maximum atomic E-state index is 5.82. The van der Waals surface area contributed by atoms with Crippen molar-refractivity contribution >= 4 is 5.69 Å². The molecule has 1 rings (SSSR count). The summed E-state index contributed by atoms with van der Waals surface area (Å²) in [5.74, 6) is 0.606. The number of nitrogen functional groups attached to an aromatic ring is 1. The standard InChI is InChI=1S/C11H21N3O2/c1-8-9(12)10(14(5)13-8)15-6-7-16-11(2,3)4/h6-7,12H2,1-5H3. The van der Waals surface area contributed by atoms with Gasteiger partial charge in [0, 0.05) is 7.05 Å². The first-order chi connectivity index (χ1) is 7.31. The lowest BCUT2D eigenvalue weighted by atomic mass is 10.2. The summed E-state index contributed by atoms with van der Waals surface area (Å²) in [5.41, 5.74) is 7.06. The zero-order chi connectivity index (χ0) is 12.3. The second-order valence-electron chi connectivity index (χ2n) is 4.74. The van der Waals surface area contributed by atoms with Crippen LogP contribution in [-0.4, -0.2) is 28.6 Å². The Hall–Kier alpha value is -1.23. The molecule has 16 heavy (non-hydrogen) atoms. The molecule has 0 bridgehead atoms. The van der Waals surface area contributed by atoms with Gasteiger partial charge in [-0.25, -0.2) is 4.68 Å². The molecule has 2 N–H and O–H groups in total. The van der Waals surface area contributed by atoms with Crippen LogP contribution in [0.25, 0.3) is 0 Å². The number of nitrogens with two attached hydrogens (primary N) is 1. The average molecular weight is 227 g/mol. The number of hydrogen-bond acceptors (Lipinski definition) is 4. The SMILES string of the molecule is Cc1nn(C)c(OCCOC(C)(C)C)c1N. The van der Waals surface area contributed by atoms with Crippen molar-refractivity contribution in [3.05, 3.63) is 5.69 Å². The van der Waals surface area contributed by atoms with E-state index in [9.17, 15) is 0 Å². The number of aromatic nitrogens is 2. The second kappa shape index (κ2) is 4.74. The molecule has 5 heteroatoms. The third-order valence-corrected chi connectivity index (χ3v) is 2.07. The molecule has 0 radical (unpaired) electrons. The number of hydrogen-bond donors (Lipinski definition) is 1. The lowest BCUT2D eigenvalue weighted by Gasteiger charge is -2.19. The summed E-state index contributed by atoms with van der Waals surface area (Å²) in [6, 6.07) is 0. The van der Waals surface area contributed by atoms with E-state index in [2.05, 4.69) is 5.10 Å². The average Bonchev–Trinajstić information content (AvgIpc) is 2.36. The van der Waals surface area contributed by atoms with Gasteiger partial charge in [0.25, 0.3) is 0 Å². The molecule has 0 saturated carbocycles. The lowest BCUT2D eigenvalue weighted by Crippen LogP contribution is -2.22. The number of aryl methyl sites for hydroxylation is 2. The van der Waals surface area contributed by atoms with Gasteiger partial charge in [0.15, 0.2) is 0 Å². The quantitative estimate of drug-likeness (QED) is 0.792. The van der Waals surface area contributed by atoms with Crippen molar-refractivity contribution in [3.63, 3.8) is 0 Å². The van der Waals surface area contributed by atoms with Gasteiger partial charge in [-0.1, -0.05) is 0 Å². The molecule has 1 aromatic rings. The molecule has 0 spiro atoms. The van der Waals surface area contributed by atoms with Crippen LogP contribution >= 0.6 is 0 Å². The van der Waals surface area contributed by atoms with E-state index in [1.54, 1.807) is 4.68 Å². The van der Waals surface area contributed by atoms with Gasteiger partial charge in [-0.2, -0.15) is 5.10 Å². The van der Waals surface area contributed by atoms with E-state index in [0.717, 1.165) is 5.69 Å². The van der Waals surface area contributed by atoms with Gasteiger partial charge in [-0.05, 0) is 27.7 Å². The second-order valence-corrected chi connectivity index (χ2v) is 4.74. The number of ether oxygens (including phenoxy) is 2. The van der Waals surface area contributed by atoms with E-state index in [1.165, 1.54) is 0 Å². The summed E-state index contributed by atoms with van der Waals surface area (Å²) >= 11 is 0. The van der Waals surface area contributed by atoms with Crippen molar-refractivity contribution < 1.29 is 9.47 Å². The fraction of sp³-hybridized carbons (Fsp3) is 0.727. The van der Waals surface area contributed by atoms with Crippen LogP contribution in [-0.2, 0) is 11.8 Å². The van der Waals surface area contributed by atoms with Crippen LogP contribution in [0.15, 0.2) is 0 Å². The third-order valence-electron chi connectivity index (χ3n) is 2.07. The highest BCUT2D eigenvalue weighted by molar-refractivity contribution is 5.52. The van der Waals surface area contributed by atoms with Crippen LogP contribution in [0.1, 0.15) is 26.5 Å². The van der Waals surface area contributed by atoms with Crippen LogP contribution in [0.4, 0.5) is 5.69 Å². The fourth-order valence-corrected chi connectivity index (χ4v) is 1.31. The van der Waals surface area contributed by atoms with Gasteiger partial charge < -0.3 is 15.2 Å². The molecular formula is C11H21N3O2. The Morgan fingerprint density at radius 2 is 1.94 bits per heavy atom. The van der Waals surface area contributed by atoms with Crippen molar-refractivity contribution in [2.24, 2.45) is 7.05 Å². The molecule has 1 heterocycles. The molecule has 0 aliphatic carbocycles. The van der Waals surface area contributed by atoms with Crippen LogP contribution in [0, 0.1) is 6.92 Å². The van der Waals surface area contributed by atoms with E-state index < -0.39 is 0 Å². The Kier molecular flexibility index (Phi) is 3.80. The van der Waals surface area contributed by atoms with Crippen molar-refractivity contribution in [1.82, 2.24) is 9.78 Å². The minimum absolute atomic E-state index is 0.142. The van der Waals surface area contributed by atoms with Crippen molar-refractivity contribution in [2.45, 2.75) is 33.3 Å². The summed E-state index contributed by atoms with van der Waals surface area (Å²) in [6.07, 6.45) is 0. The first-order valence-corrected chi connectivity index (χ1v) is 5.37. The third kappa shape index (κ3) is 3.41. The van der Waals surface area contributed by atoms with E-state index in [0.29, 0.717) is 24.8 Å². The van der Waals surface area contributed by atoms with E-state index in [4.69, 9.17) is 15.2 Å². The maximum absolute atomic E-state index is 5.82.